The standard InChI is InChI=1S/C20H18N4O/c1-2-4-16(5-3-1)12-17-6-8-18(9-7-17)25-11-10-24-15-21-13-19-20(24)23-14-22-19/h1-9,13-15H,10-12H2. The Kier molecular flexibility index (Phi) is 4.37. The fourth-order valence-corrected chi connectivity index (χ4v) is 2.78. The topological polar surface area (TPSA) is 52.8 Å². The van der Waals surface area contributed by atoms with Crippen molar-refractivity contribution in [2.75, 3.05) is 6.61 Å². The number of benzene rings is 2. The molecule has 2 aliphatic rings. The van der Waals surface area contributed by atoms with E-state index in [0.29, 0.717) is 13.2 Å². The lowest BCUT2D eigenvalue weighted by molar-refractivity contribution is 0.297. The highest BCUT2D eigenvalue weighted by molar-refractivity contribution is 5.48. The molecule has 4 rings (SSSR count). The van der Waals surface area contributed by atoms with Crippen molar-refractivity contribution in [1.82, 2.24) is 19.5 Å². The van der Waals surface area contributed by atoms with Crippen molar-refractivity contribution in [2.45, 2.75) is 13.0 Å². The number of imidazole rings is 1. The van der Waals surface area contributed by atoms with Crippen molar-refractivity contribution in [3.8, 4) is 17.3 Å². The van der Waals surface area contributed by atoms with Crippen LogP contribution in [0.3, 0.4) is 0 Å². The molecule has 0 atom stereocenters. The Morgan fingerprint density at radius 2 is 1.68 bits per heavy atom. The van der Waals surface area contributed by atoms with Crippen molar-refractivity contribution >= 4 is 0 Å². The minimum atomic E-state index is 0.552. The zero-order valence-corrected chi connectivity index (χ0v) is 13.7. The monoisotopic (exact) mass is 330 g/mol. The van der Waals surface area contributed by atoms with Gasteiger partial charge in [-0.25, -0.2) is 15.0 Å². The van der Waals surface area contributed by atoms with Crippen LogP contribution >= 0.6 is 0 Å². The SMILES string of the molecule is c1ccc(Cc2ccc(OCCn3cncc4ncnc3-4)cc2)cc1. The molecule has 124 valence electrons. The molecule has 0 saturated carbocycles. The zero-order valence-electron chi connectivity index (χ0n) is 13.7. The largest absolute Gasteiger partial charge is 0.492 e. The molecule has 0 N–H and O–H groups in total. The highest BCUT2D eigenvalue weighted by Gasteiger charge is 2.09. The van der Waals surface area contributed by atoms with Crippen molar-refractivity contribution in [3.63, 3.8) is 0 Å². The average Bonchev–Trinajstić information content (AvgIpc) is 3.14. The quantitative estimate of drug-likeness (QED) is 0.543. The van der Waals surface area contributed by atoms with Crippen LogP contribution in [0.15, 0.2) is 73.4 Å². The second-order valence-electron chi connectivity index (χ2n) is 5.82. The molecule has 0 aromatic heterocycles. The van der Waals surface area contributed by atoms with Crippen LogP contribution in [0.25, 0.3) is 11.5 Å². The van der Waals surface area contributed by atoms with Crippen LogP contribution in [0, 0.1) is 0 Å². The van der Waals surface area contributed by atoms with Gasteiger partial charge in [0.1, 0.15) is 24.4 Å². The van der Waals surface area contributed by atoms with E-state index in [2.05, 4.69) is 51.4 Å². The Bertz CT molecular complexity index is 903. The Morgan fingerprint density at radius 1 is 0.880 bits per heavy atom. The number of hydrogen-bond acceptors (Lipinski definition) is 4. The van der Waals surface area contributed by atoms with E-state index in [-0.39, 0.29) is 0 Å². The molecule has 5 nitrogen and oxygen atoms in total. The molecule has 2 aromatic carbocycles. The first-order valence-corrected chi connectivity index (χ1v) is 8.25. The summed E-state index contributed by atoms with van der Waals surface area (Å²) in [5, 5.41) is 0. The molecule has 5 heteroatoms. The van der Waals surface area contributed by atoms with Crippen LogP contribution < -0.4 is 4.74 Å². The van der Waals surface area contributed by atoms with Gasteiger partial charge in [0, 0.05) is 0 Å². The lowest BCUT2D eigenvalue weighted by atomic mass is 10.1. The molecule has 0 saturated heterocycles. The van der Waals surface area contributed by atoms with Gasteiger partial charge in [0.05, 0.1) is 19.1 Å². The maximum Gasteiger partial charge on any atom is 0.163 e. The molecular weight excluding hydrogens is 312 g/mol. The molecule has 0 amide bonds. The van der Waals surface area contributed by atoms with Gasteiger partial charge in [-0.15, -0.1) is 0 Å². The summed E-state index contributed by atoms with van der Waals surface area (Å²) in [5.41, 5.74) is 3.38. The molecule has 25 heavy (non-hydrogen) atoms. The minimum Gasteiger partial charge on any atom is -0.492 e. The van der Waals surface area contributed by atoms with Gasteiger partial charge in [-0.1, -0.05) is 42.5 Å². The molecule has 0 aliphatic carbocycles. The third-order valence-electron chi connectivity index (χ3n) is 4.06. The maximum atomic E-state index is 5.84. The summed E-state index contributed by atoms with van der Waals surface area (Å²) in [4.78, 5) is 12.6. The molecule has 0 fully saturated rings. The van der Waals surface area contributed by atoms with Crippen molar-refractivity contribution in [1.29, 1.82) is 0 Å². The Balaban J connectivity index is 1.33. The summed E-state index contributed by atoms with van der Waals surface area (Å²) in [7, 11) is 0. The van der Waals surface area contributed by atoms with Crippen LogP contribution in [0.2, 0.25) is 0 Å². The second-order valence-corrected chi connectivity index (χ2v) is 5.82. The van der Waals surface area contributed by atoms with E-state index in [0.717, 1.165) is 23.7 Å². The molecule has 0 unspecified atom stereocenters. The minimum absolute atomic E-state index is 0.552. The molecule has 0 bridgehead atoms. The predicted octanol–water partition coefficient (Wildman–Crippen LogP) is 3.45. The van der Waals surface area contributed by atoms with Gasteiger partial charge in [-0.3, -0.25) is 0 Å². The number of nitrogens with zero attached hydrogens (tertiary/aromatic N) is 4. The van der Waals surface area contributed by atoms with Crippen molar-refractivity contribution in [2.24, 2.45) is 0 Å². The third kappa shape index (κ3) is 3.66. The lowest BCUT2D eigenvalue weighted by Gasteiger charge is -2.11. The molecule has 0 radical (unpaired) electrons. The Hall–Kier alpha value is -3.21. The van der Waals surface area contributed by atoms with Gasteiger partial charge in [0.2, 0.25) is 0 Å². The second kappa shape index (κ2) is 7.13. The summed E-state index contributed by atoms with van der Waals surface area (Å²) in [6.45, 7) is 1.23. The van der Waals surface area contributed by atoms with Crippen molar-refractivity contribution in [3.05, 3.63) is 84.6 Å². The number of hydrogen-bond donors (Lipinski definition) is 0. The van der Waals surface area contributed by atoms with Gasteiger partial charge < -0.3 is 9.30 Å². The van der Waals surface area contributed by atoms with E-state index in [1.807, 2.05) is 22.8 Å². The first-order chi connectivity index (χ1) is 12.4. The van der Waals surface area contributed by atoms with E-state index in [1.54, 1.807) is 18.9 Å². The van der Waals surface area contributed by atoms with Crippen LogP contribution in [-0.2, 0) is 13.0 Å². The van der Waals surface area contributed by atoms with Crippen LogP contribution in [0.1, 0.15) is 11.1 Å². The number of aromatic nitrogens is 4. The van der Waals surface area contributed by atoms with Gasteiger partial charge in [0.15, 0.2) is 5.82 Å². The molecular formula is C20H18N4O. The van der Waals surface area contributed by atoms with E-state index in [4.69, 9.17) is 4.74 Å². The van der Waals surface area contributed by atoms with Crippen LogP contribution in [-0.4, -0.2) is 26.1 Å². The summed E-state index contributed by atoms with van der Waals surface area (Å²) in [5.74, 6) is 1.70. The fourth-order valence-electron chi connectivity index (χ4n) is 2.78. The van der Waals surface area contributed by atoms with E-state index >= 15 is 0 Å². The molecule has 0 spiro atoms. The highest BCUT2D eigenvalue weighted by Crippen LogP contribution is 2.17. The smallest absolute Gasteiger partial charge is 0.163 e. The van der Waals surface area contributed by atoms with Gasteiger partial charge in [-0.05, 0) is 29.7 Å². The average molecular weight is 330 g/mol. The highest BCUT2D eigenvalue weighted by atomic mass is 16.5. The van der Waals surface area contributed by atoms with E-state index in [1.165, 1.54) is 11.1 Å². The first-order valence-electron chi connectivity index (χ1n) is 8.25. The maximum absolute atomic E-state index is 5.84. The molecule has 2 aliphatic heterocycles. The third-order valence-corrected chi connectivity index (χ3v) is 4.06. The summed E-state index contributed by atoms with van der Waals surface area (Å²) in [6, 6.07) is 18.7. The molecule has 2 heterocycles. The van der Waals surface area contributed by atoms with Crippen LogP contribution in [0.4, 0.5) is 0 Å². The molecule has 2 aromatic rings. The summed E-state index contributed by atoms with van der Waals surface area (Å²) in [6.07, 6.45) is 5.95. The van der Waals surface area contributed by atoms with Gasteiger partial charge >= 0.3 is 0 Å². The normalized spacial score (nSPS) is 10.9. The fraction of sp³-hybridized carbons (Fsp3) is 0.150. The predicted molar refractivity (Wildman–Crippen MR) is 95.6 cm³/mol. The first kappa shape index (κ1) is 15.3. The number of ether oxygens (including phenoxy) is 1. The Morgan fingerprint density at radius 3 is 2.52 bits per heavy atom. The van der Waals surface area contributed by atoms with Gasteiger partial charge in [0.25, 0.3) is 0 Å². The van der Waals surface area contributed by atoms with E-state index < -0.39 is 0 Å². The summed E-state index contributed by atoms with van der Waals surface area (Å²) < 4.78 is 7.79. The zero-order chi connectivity index (χ0) is 16.9. The number of fused-ring (bicyclic) bond motifs is 1. The van der Waals surface area contributed by atoms with Crippen LogP contribution in [0.5, 0.6) is 5.75 Å². The van der Waals surface area contributed by atoms with Crippen molar-refractivity contribution < 1.29 is 4.74 Å². The van der Waals surface area contributed by atoms with E-state index in [9.17, 15) is 0 Å². The Labute approximate surface area is 146 Å². The number of rotatable bonds is 6. The summed E-state index contributed by atoms with van der Waals surface area (Å²) >= 11 is 0. The lowest BCUT2D eigenvalue weighted by Crippen LogP contribution is -2.11. The van der Waals surface area contributed by atoms with Gasteiger partial charge in [-0.2, -0.15) is 0 Å².